The monoisotopic (exact) mass is 381 g/mol. The number of nitrogens with one attached hydrogen (secondary N) is 1. The summed E-state index contributed by atoms with van der Waals surface area (Å²) in [6.45, 7) is 2.96. The molecule has 0 spiro atoms. The molecule has 0 heterocycles. The van der Waals surface area contributed by atoms with Crippen LogP contribution in [0.2, 0.25) is 0 Å². The molecule has 0 radical (unpaired) electrons. The van der Waals surface area contributed by atoms with Gasteiger partial charge in [-0.25, -0.2) is 0 Å². The van der Waals surface area contributed by atoms with Crippen molar-refractivity contribution in [1.29, 1.82) is 0 Å². The second kappa shape index (κ2) is 19.4. The van der Waals surface area contributed by atoms with Gasteiger partial charge in [-0.1, -0.05) is 76.9 Å². The molecule has 0 bridgehead atoms. The summed E-state index contributed by atoms with van der Waals surface area (Å²) < 4.78 is 0. The van der Waals surface area contributed by atoms with Crippen LogP contribution in [0.5, 0.6) is 0 Å². The van der Waals surface area contributed by atoms with Crippen molar-refractivity contribution in [2.45, 2.75) is 109 Å². The summed E-state index contributed by atoms with van der Waals surface area (Å²) in [6, 6.07) is -0.634. The van der Waals surface area contributed by atoms with Gasteiger partial charge in [0.15, 0.2) is 0 Å². The first-order valence-corrected chi connectivity index (χ1v) is 11.0. The number of hydrogen-bond donors (Lipinski definition) is 3. The Morgan fingerprint density at radius 1 is 0.778 bits per heavy atom. The molecule has 5 heteroatoms. The van der Waals surface area contributed by atoms with Crippen LogP contribution >= 0.6 is 0 Å². The predicted molar refractivity (Wildman–Crippen MR) is 114 cm³/mol. The van der Waals surface area contributed by atoms with E-state index in [2.05, 4.69) is 24.4 Å². The molecule has 0 aliphatic carbocycles. The average molecular weight is 382 g/mol. The molecule has 5 nitrogen and oxygen atoms in total. The fourth-order valence-electron chi connectivity index (χ4n) is 3.12. The molecule has 5 N–H and O–H groups in total. The molecule has 0 fully saturated rings. The van der Waals surface area contributed by atoms with Gasteiger partial charge in [0, 0.05) is 0 Å². The molecule has 0 aliphatic rings. The SMILES string of the molecule is CCCCCCCC/C=C\CCCCCCCCN[C@@H](CC(N)=O)C(N)=O. The van der Waals surface area contributed by atoms with Crippen molar-refractivity contribution in [3.05, 3.63) is 12.2 Å². The van der Waals surface area contributed by atoms with Gasteiger partial charge in [-0.2, -0.15) is 0 Å². The number of allylic oxidation sites excluding steroid dienone is 2. The Hall–Kier alpha value is -1.36. The van der Waals surface area contributed by atoms with Gasteiger partial charge in [0.2, 0.25) is 11.8 Å². The molecular formula is C22H43N3O2. The van der Waals surface area contributed by atoms with Crippen molar-refractivity contribution in [3.8, 4) is 0 Å². The number of carbonyl (C=O) groups excluding carboxylic acids is 2. The molecule has 27 heavy (non-hydrogen) atoms. The predicted octanol–water partition coefficient (Wildman–Crippen LogP) is 4.34. The van der Waals surface area contributed by atoms with Gasteiger partial charge in [-0.3, -0.25) is 9.59 Å². The van der Waals surface area contributed by atoms with Crippen LogP contribution in [-0.4, -0.2) is 24.4 Å². The molecule has 0 aromatic carbocycles. The van der Waals surface area contributed by atoms with Crippen molar-refractivity contribution < 1.29 is 9.59 Å². The Morgan fingerprint density at radius 2 is 1.26 bits per heavy atom. The van der Waals surface area contributed by atoms with Crippen LogP contribution in [0.1, 0.15) is 103 Å². The largest absolute Gasteiger partial charge is 0.370 e. The zero-order chi connectivity index (χ0) is 20.2. The van der Waals surface area contributed by atoms with E-state index in [1.165, 1.54) is 77.0 Å². The smallest absolute Gasteiger partial charge is 0.235 e. The van der Waals surface area contributed by atoms with Crippen LogP contribution < -0.4 is 16.8 Å². The highest BCUT2D eigenvalue weighted by molar-refractivity contribution is 5.86. The number of carbonyl (C=O) groups is 2. The van der Waals surface area contributed by atoms with Crippen LogP contribution in [0.15, 0.2) is 12.2 Å². The lowest BCUT2D eigenvalue weighted by Crippen LogP contribution is -2.44. The van der Waals surface area contributed by atoms with Crippen LogP contribution in [0, 0.1) is 0 Å². The van der Waals surface area contributed by atoms with E-state index in [1.54, 1.807) is 0 Å². The van der Waals surface area contributed by atoms with Gasteiger partial charge < -0.3 is 16.8 Å². The lowest BCUT2D eigenvalue weighted by Gasteiger charge is -2.13. The molecule has 0 saturated heterocycles. The van der Waals surface area contributed by atoms with Crippen LogP contribution in [0.25, 0.3) is 0 Å². The molecule has 0 aromatic heterocycles. The Balaban J connectivity index is 3.34. The van der Waals surface area contributed by atoms with E-state index in [9.17, 15) is 9.59 Å². The van der Waals surface area contributed by atoms with E-state index in [0.29, 0.717) is 6.54 Å². The summed E-state index contributed by atoms with van der Waals surface area (Å²) >= 11 is 0. The Morgan fingerprint density at radius 3 is 1.74 bits per heavy atom. The summed E-state index contributed by atoms with van der Waals surface area (Å²) in [6.07, 6.45) is 22.5. The van der Waals surface area contributed by atoms with Crippen molar-refractivity contribution in [2.75, 3.05) is 6.54 Å². The maximum Gasteiger partial charge on any atom is 0.235 e. The number of amides is 2. The van der Waals surface area contributed by atoms with Crippen molar-refractivity contribution in [2.24, 2.45) is 11.5 Å². The van der Waals surface area contributed by atoms with Crippen LogP contribution in [0.4, 0.5) is 0 Å². The quantitative estimate of drug-likeness (QED) is 0.216. The lowest BCUT2D eigenvalue weighted by molar-refractivity contribution is -0.125. The third kappa shape index (κ3) is 19.2. The van der Waals surface area contributed by atoms with E-state index < -0.39 is 17.9 Å². The standard InChI is InChI=1S/C22H43N3O2/c1-2-3-4-5-6-7-8-9-10-11-12-13-14-15-16-17-18-25-20(22(24)27)19-21(23)26/h9-10,20,25H,2-8,11-19H2,1H3,(H2,23,26)(H2,24,27)/b10-9-/t20-/m0/s1. The fourth-order valence-corrected chi connectivity index (χ4v) is 3.12. The molecule has 0 aliphatic heterocycles. The minimum absolute atomic E-state index is 0.0261. The van der Waals surface area contributed by atoms with Crippen molar-refractivity contribution in [3.63, 3.8) is 0 Å². The van der Waals surface area contributed by atoms with E-state index in [4.69, 9.17) is 11.5 Å². The Bertz CT molecular complexity index is 397. The van der Waals surface area contributed by atoms with Gasteiger partial charge in [-0.15, -0.1) is 0 Å². The molecule has 158 valence electrons. The topological polar surface area (TPSA) is 98.2 Å². The average Bonchev–Trinajstić information content (AvgIpc) is 2.62. The maximum atomic E-state index is 11.2. The normalized spacial score (nSPS) is 12.5. The number of primary amides is 2. The first kappa shape index (κ1) is 25.6. The van der Waals surface area contributed by atoms with E-state index in [0.717, 1.165) is 12.8 Å². The molecule has 0 aromatic rings. The van der Waals surface area contributed by atoms with Gasteiger partial charge >= 0.3 is 0 Å². The number of nitrogens with two attached hydrogens (primary N) is 2. The molecule has 0 unspecified atom stereocenters. The molecular weight excluding hydrogens is 338 g/mol. The second-order valence-electron chi connectivity index (χ2n) is 7.52. The molecule has 1 atom stereocenters. The van der Waals surface area contributed by atoms with E-state index in [-0.39, 0.29) is 6.42 Å². The lowest BCUT2D eigenvalue weighted by atomic mass is 10.1. The summed E-state index contributed by atoms with van der Waals surface area (Å²) in [5.74, 6) is -1.02. The zero-order valence-electron chi connectivity index (χ0n) is 17.5. The number of hydrogen-bond acceptors (Lipinski definition) is 3. The molecule has 2 amide bonds. The number of unbranched alkanes of at least 4 members (excludes halogenated alkanes) is 12. The maximum absolute atomic E-state index is 11.2. The highest BCUT2D eigenvalue weighted by Crippen LogP contribution is 2.09. The second-order valence-corrected chi connectivity index (χ2v) is 7.52. The molecule has 0 rings (SSSR count). The van der Waals surface area contributed by atoms with Crippen LogP contribution in [0.3, 0.4) is 0 Å². The van der Waals surface area contributed by atoms with Crippen molar-refractivity contribution >= 4 is 11.8 Å². The van der Waals surface area contributed by atoms with E-state index >= 15 is 0 Å². The van der Waals surface area contributed by atoms with E-state index in [1.807, 2.05) is 0 Å². The van der Waals surface area contributed by atoms with Gasteiger partial charge in [-0.05, 0) is 38.6 Å². The Kier molecular flexibility index (Phi) is 18.4. The summed E-state index contributed by atoms with van der Waals surface area (Å²) in [5.41, 5.74) is 10.3. The highest BCUT2D eigenvalue weighted by Gasteiger charge is 2.16. The van der Waals surface area contributed by atoms with Crippen molar-refractivity contribution in [1.82, 2.24) is 5.32 Å². The third-order valence-corrected chi connectivity index (χ3v) is 4.83. The zero-order valence-corrected chi connectivity index (χ0v) is 17.5. The minimum atomic E-state index is -0.634. The van der Waals surface area contributed by atoms with Gasteiger partial charge in [0.1, 0.15) is 0 Å². The summed E-state index contributed by atoms with van der Waals surface area (Å²) in [5, 5.41) is 3.02. The fraction of sp³-hybridized carbons (Fsp3) is 0.818. The van der Waals surface area contributed by atoms with Gasteiger partial charge in [0.25, 0.3) is 0 Å². The third-order valence-electron chi connectivity index (χ3n) is 4.83. The Labute approximate surface area is 166 Å². The number of rotatable bonds is 20. The first-order valence-electron chi connectivity index (χ1n) is 11.0. The summed E-state index contributed by atoms with van der Waals surface area (Å²) in [7, 11) is 0. The van der Waals surface area contributed by atoms with Gasteiger partial charge in [0.05, 0.1) is 12.5 Å². The molecule has 0 saturated carbocycles. The first-order chi connectivity index (χ1) is 13.1. The highest BCUT2D eigenvalue weighted by atomic mass is 16.2. The summed E-state index contributed by atoms with van der Waals surface area (Å²) in [4.78, 5) is 22.1. The minimum Gasteiger partial charge on any atom is -0.370 e. The van der Waals surface area contributed by atoms with Crippen LogP contribution in [-0.2, 0) is 9.59 Å².